The first-order valence-corrected chi connectivity index (χ1v) is 4.50. The van der Waals surface area contributed by atoms with E-state index in [1.54, 1.807) is 26.8 Å². The fraction of sp³-hybridized carbons (Fsp3) is 0.444. The molecule has 6 heteroatoms. The molecule has 82 valence electrons. The van der Waals surface area contributed by atoms with Gasteiger partial charge < -0.3 is 16.8 Å². The highest BCUT2D eigenvalue weighted by atomic mass is 16.1. The van der Waals surface area contributed by atoms with Gasteiger partial charge in [-0.2, -0.15) is 0 Å². The van der Waals surface area contributed by atoms with Crippen molar-refractivity contribution in [2.24, 2.45) is 5.73 Å². The molecule has 5 N–H and O–H groups in total. The Labute approximate surface area is 88.1 Å². The largest absolute Gasteiger partial charge is 0.384 e. The lowest BCUT2D eigenvalue weighted by atomic mass is 10.1. The fourth-order valence-electron chi connectivity index (χ4n) is 1.04. The van der Waals surface area contributed by atoms with E-state index < -0.39 is 11.4 Å². The zero-order valence-corrected chi connectivity index (χ0v) is 9.03. The SMILES string of the molecule is Cc1nc(N)cc(NC(C)(C)C(N)=O)n1. The number of amides is 1. The van der Waals surface area contributed by atoms with E-state index in [0.29, 0.717) is 17.5 Å². The molecule has 15 heavy (non-hydrogen) atoms. The Morgan fingerprint density at radius 3 is 2.53 bits per heavy atom. The van der Waals surface area contributed by atoms with Crippen LogP contribution < -0.4 is 16.8 Å². The molecule has 0 saturated carbocycles. The molecule has 0 saturated heterocycles. The van der Waals surface area contributed by atoms with E-state index in [-0.39, 0.29) is 0 Å². The molecule has 0 fully saturated rings. The lowest BCUT2D eigenvalue weighted by molar-refractivity contribution is -0.121. The van der Waals surface area contributed by atoms with Crippen molar-refractivity contribution in [2.45, 2.75) is 26.3 Å². The third-order valence-electron chi connectivity index (χ3n) is 1.91. The van der Waals surface area contributed by atoms with Crippen LogP contribution in [0.2, 0.25) is 0 Å². The number of hydrogen-bond acceptors (Lipinski definition) is 5. The summed E-state index contributed by atoms with van der Waals surface area (Å²) < 4.78 is 0. The van der Waals surface area contributed by atoms with Crippen molar-refractivity contribution in [3.8, 4) is 0 Å². The summed E-state index contributed by atoms with van der Waals surface area (Å²) in [6, 6.07) is 1.55. The van der Waals surface area contributed by atoms with Crippen molar-refractivity contribution in [3.63, 3.8) is 0 Å². The van der Waals surface area contributed by atoms with Gasteiger partial charge in [-0.1, -0.05) is 0 Å². The van der Waals surface area contributed by atoms with Crippen LogP contribution in [0.5, 0.6) is 0 Å². The van der Waals surface area contributed by atoms with Gasteiger partial charge in [0.05, 0.1) is 0 Å². The maximum atomic E-state index is 11.1. The number of carbonyl (C=O) groups is 1. The minimum absolute atomic E-state index is 0.352. The van der Waals surface area contributed by atoms with Crippen LogP contribution in [-0.4, -0.2) is 21.4 Å². The maximum absolute atomic E-state index is 11.1. The van der Waals surface area contributed by atoms with Crippen molar-refractivity contribution in [1.29, 1.82) is 0 Å². The number of hydrogen-bond donors (Lipinski definition) is 3. The number of carbonyl (C=O) groups excluding carboxylic acids is 1. The second kappa shape index (κ2) is 3.72. The summed E-state index contributed by atoms with van der Waals surface area (Å²) in [6.07, 6.45) is 0. The van der Waals surface area contributed by atoms with Crippen LogP contribution in [0.25, 0.3) is 0 Å². The molecular formula is C9H15N5O. The lowest BCUT2D eigenvalue weighted by Crippen LogP contribution is -2.45. The second-order valence-corrected chi connectivity index (χ2v) is 3.84. The van der Waals surface area contributed by atoms with E-state index in [1.807, 2.05) is 0 Å². The predicted octanol–water partition coefficient (Wildman–Crippen LogP) is 0.0430. The van der Waals surface area contributed by atoms with Gasteiger partial charge in [0.25, 0.3) is 0 Å². The van der Waals surface area contributed by atoms with Gasteiger partial charge in [-0.05, 0) is 20.8 Å². The van der Waals surface area contributed by atoms with E-state index in [0.717, 1.165) is 0 Å². The summed E-state index contributed by atoms with van der Waals surface area (Å²) in [4.78, 5) is 19.1. The molecule has 1 rings (SSSR count). The van der Waals surface area contributed by atoms with Crippen LogP contribution in [0.1, 0.15) is 19.7 Å². The number of aryl methyl sites for hydroxylation is 1. The molecule has 6 nitrogen and oxygen atoms in total. The first-order valence-electron chi connectivity index (χ1n) is 4.50. The Morgan fingerprint density at radius 2 is 2.07 bits per heavy atom. The van der Waals surface area contributed by atoms with Crippen LogP contribution in [0.4, 0.5) is 11.6 Å². The van der Waals surface area contributed by atoms with Crippen LogP contribution in [0, 0.1) is 6.92 Å². The Morgan fingerprint density at radius 1 is 1.47 bits per heavy atom. The molecule has 1 aromatic heterocycles. The molecule has 0 spiro atoms. The van der Waals surface area contributed by atoms with Gasteiger partial charge >= 0.3 is 0 Å². The van der Waals surface area contributed by atoms with Gasteiger partial charge in [0, 0.05) is 6.07 Å². The van der Waals surface area contributed by atoms with Crippen LogP contribution >= 0.6 is 0 Å². The molecule has 0 aliphatic carbocycles. The first kappa shape index (κ1) is 11.2. The number of rotatable bonds is 3. The Kier molecular flexibility index (Phi) is 2.78. The van der Waals surface area contributed by atoms with Crippen LogP contribution in [0.15, 0.2) is 6.07 Å². The molecule has 0 bridgehead atoms. The first-order chi connectivity index (χ1) is 6.81. The highest BCUT2D eigenvalue weighted by molar-refractivity contribution is 5.86. The zero-order chi connectivity index (χ0) is 11.6. The zero-order valence-electron chi connectivity index (χ0n) is 9.03. The standard InChI is InChI=1S/C9H15N5O/c1-5-12-6(10)4-7(13-5)14-9(2,3)8(11)15/h4H,1-3H3,(H2,11,15)(H3,10,12,13,14). The van der Waals surface area contributed by atoms with Gasteiger partial charge in [0.1, 0.15) is 23.0 Å². The number of nitrogens with two attached hydrogens (primary N) is 2. The quantitative estimate of drug-likeness (QED) is 0.651. The van der Waals surface area contributed by atoms with Crippen molar-refractivity contribution in [3.05, 3.63) is 11.9 Å². The maximum Gasteiger partial charge on any atom is 0.242 e. The minimum atomic E-state index is -0.868. The van der Waals surface area contributed by atoms with Crippen LogP contribution in [-0.2, 0) is 4.79 Å². The number of nitrogens with one attached hydrogen (secondary N) is 1. The molecule has 1 aromatic rings. The second-order valence-electron chi connectivity index (χ2n) is 3.84. The molecule has 1 amide bonds. The summed E-state index contributed by atoms with van der Waals surface area (Å²) in [5, 5.41) is 2.89. The molecule has 0 aliphatic heterocycles. The highest BCUT2D eigenvalue weighted by Crippen LogP contribution is 2.14. The van der Waals surface area contributed by atoms with E-state index in [9.17, 15) is 4.79 Å². The Bertz CT molecular complexity index is 368. The lowest BCUT2D eigenvalue weighted by Gasteiger charge is -2.22. The van der Waals surface area contributed by atoms with Crippen LogP contribution in [0.3, 0.4) is 0 Å². The summed E-state index contributed by atoms with van der Waals surface area (Å²) in [7, 11) is 0. The molecule has 0 unspecified atom stereocenters. The van der Waals surface area contributed by atoms with Gasteiger partial charge in [0.15, 0.2) is 0 Å². The van der Waals surface area contributed by atoms with E-state index in [1.165, 1.54) is 0 Å². The molecule has 0 aliphatic rings. The monoisotopic (exact) mass is 209 g/mol. The Balaban J connectivity index is 2.94. The third-order valence-corrected chi connectivity index (χ3v) is 1.91. The summed E-state index contributed by atoms with van der Waals surface area (Å²) in [6.45, 7) is 5.06. The average Bonchev–Trinajstić information content (AvgIpc) is 1.99. The number of primary amides is 1. The normalized spacial score (nSPS) is 11.1. The average molecular weight is 209 g/mol. The van der Waals surface area contributed by atoms with E-state index in [2.05, 4.69) is 15.3 Å². The van der Waals surface area contributed by atoms with Crippen molar-refractivity contribution < 1.29 is 4.79 Å². The van der Waals surface area contributed by atoms with Gasteiger partial charge in [-0.3, -0.25) is 4.79 Å². The smallest absolute Gasteiger partial charge is 0.242 e. The molecule has 0 aromatic carbocycles. The molecule has 0 radical (unpaired) electrons. The van der Waals surface area contributed by atoms with E-state index in [4.69, 9.17) is 11.5 Å². The molecule has 1 heterocycles. The highest BCUT2D eigenvalue weighted by Gasteiger charge is 2.24. The summed E-state index contributed by atoms with van der Waals surface area (Å²) >= 11 is 0. The number of nitrogen functional groups attached to an aromatic ring is 1. The van der Waals surface area contributed by atoms with Gasteiger partial charge in [-0.15, -0.1) is 0 Å². The molecular weight excluding hydrogens is 194 g/mol. The predicted molar refractivity (Wildman–Crippen MR) is 58.1 cm³/mol. The van der Waals surface area contributed by atoms with Gasteiger partial charge in [-0.25, -0.2) is 9.97 Å². The number of aromatic nitrogens is 2. The topological polar surface area (TPSA) is 107 Å². The fourth-order valence-corrected chi connectivity index (χ4v) is 1.04. The minimum Gasteiger partial charge on any atom is -0.384 e. The Hall–Kier alpha value is -1.85. The third kappa shape index (κ3) is 2.80. The number of anilines is 2. The van der Waals surface area contributed by atoms with Crippen molar-refractivity contribution in [1.82, 2.24) is 9.97 Å². The van der Waals surface area contributed by atoms with Crippen molar-refractivity contribution in [2.75, 3.05) is 11.1 Å². The van der Waals surface area contributed by atoms with E-state index >= 15 is 0 Å². The molecule has 0 atom stereocenters. The van der Waals surface area contributed by atoms with Gasteiger partial charge in [0.2, 0.25) is 5.91 Å². The number of nitrogens with zero attached hydrogens (tertiary/aromatic N) is 2. The summed E-state index contributed by atoms with van der Waals surface area (Å²) in [5.74, 6) is 0.921. The van der Waals surface area contributed by atoms with Crippen molar-refractivity contribution >= 4 is 17.5 Å². The summed E-state index contributed by atoms with van der Waals surface area (Å²) in [5.41, 5.74) is 9.90.